The van der Waals surface area contributed by atoms with Crippen molar-refractivity contribution in [3.63, 3.8) is 0 Å². The quantitative estimate of drug-likeness (QED) is 0.0234. The SMILES string of the molecule is NC(N)=NCCC[C@@H]1NC(=O)[C@H](CCCNC(=O)COCCOCCNC(=O)Cn2cc(CCCF)nn2)n2cc(nn2)C(Cc2ccccc2)NC(=O)[C@H](CC(=O)O)NC(=O)CNC1=O. The summed E-state index contributed by atoms with van der Waals surface area (Å²) in [5.41, 5.74) is 12.5. The van der Waals surface area contributed by atoms with Crippen LogP contribution in [-0.4, -0.2) is 154 Å². The molecule has 1 aliphatic rings. The summed E-state index contributed by atoms with van der Waals surface area (Å²) in [5, 5.41) is 41.5. The van der Waals surface area contributed by atoms with E-state index in [1.54, 1.807) is 18.3 Å². The first-order valence-corrected chi connectivity index (χ1v) is 21.4. The lowest BCUT2D eigenvalue weighted by molar-refractivity contribution is -0.141. The minimum atomic E-state index is -1.52. The highest BCUT2D eigenvalue weighted by molar-refractivity contribution is 5.94. The number of halogens is 1. The van der Waals surface area contributed by atoms with E-state index in [4.69, 9.17) is 20.9 Å². The summed E-state index contributed by atoms with van der Waals surface area (Å²) >= 11 is 0. The molecule has 26 heteroatoms. The number of fused-ring (bicyclic) bond motifs is 2. The van der Waals surface area contributed by atoms with E-state index in [2.05, 4.69) is 57.5 Å². The van der Waals surface area contributed by atoms with Gasteiger partial charge in [-0.25, -0.2) is 9.36 Å². The van der Waals surface area contributed by atoms with Crippen molar-refractivity contribution in [2.75, 3.05) is 59.3 Å². The number of benzene rings is 1. The van der Waals surface area contributed by atoms with Crippen LogP contribution < -0.4 is 43.4 Å². The van der Waals surface area contributed by atoms with Gasteiger partial charge >= 0.3 is 5.97 Å². The van der Waals surface area contributed by atoms with Gasteiger partial charge in [0.25, 0.3) is 0 Å². The molecule has 0 fully saturated rings. The van der Waals surface area contributed by atoms with Gasteiger partial charge in [-0.2, -0.15) is 0 Å². The number of hydrogen-bond donors (Lipinski definition) is 9. The third-order valence-corrected chi connectivity index (χ3v) is 9.75. The van der Waals surface area contributed by atoms with Crippen LogP contribution in [0.25, 0.3) is 0 Å². The molecule has 2 bridgehead atoms. The van der Waals surface area contributed by atoms with E-state index < -0.39 is 79.3 Å². The number of ether oxygens (including phenoxy) is 2. The van der Waals surface area contributed by atoms with Gasteiger partial charge in [-0.1, -0.05) is 40.8 Å². The molecule has 25 nitrogen and oxygen atoms in total. The minimum Gasteiger partial charge on any atom is -0.481 e. The fourth-order valence-corrected chi connectivity index (χ4v) is 6.50. The van der Waals surface area contributed by atoms with Gasteiger partial charge < -0.3 is 57.9 Å². The number of rotatable bonds is 25. The molecule has 3 heterocycles. The van der Waals surface area contributed by atoms with Crippen molar-refractivity contribution >= 4 is 47.4 Å². The van der Waals surface area contributed by atoms with Gasteiger partial charge in [0.15, 0.2) is 5.96 Å². The number of carboxylic acids is 1. The van der Waals surface area contributed by atoms with Crippen LogP contribution in [0, 0.1) is 0 Å². The number of nitrogens with zero attached hydrogens (tertiary/aromatic N) is 7. The largest absolute Gasteiger partial charge is 0.481 e. The van der Waals surface area contributed by atoms with E-state index in [-0.39, 0.29) is 102 Å². The second-order valence-electron chi connectivity index (χ2n) is 15.0. The van der Waals surface area contributed by atoms with Gasteiger partial charge in [0.1, 0.15) is 37.0 Å². The molecule has 0 saturated heterocycles. The zero-order valence-corrected chi connectivity index (χ0v) is 36.4. The van der Waals surface area contributed by atoms with Crippen molar-refractivity contribution in [3.05, 3.63) is 59.7 Å². The van der Waals surface area contributed by atoms with Crippen molar-refractivity contribution < 1.29 is 52.5 Å². The number of aliphatic carboxylic acids is 1. The Bertz CT molecular complexity index is 2080. The van der Waals surface area contributed by atoms with Gasteiger partial charge in [-0.05, 0) is 50.5 Å². The molecule has 66 heavy (non-hydrogen) atoms. The van der Waals surface area contributed by atoms with E-state index in [9.17, 15) is 43.1 Å². The number of carboxylic acid groups (broad SMARTS) is 1. The first-order chi connectivity index (χ1) is 31.8. The van der Waals surface area contributed by atoms with Gasteiger partial charge in [-0.3, -0.25) is 42.9 Å². The molecule has 11 N–H and O–H groups in total. The molecule has 4 atom stereocenters. The zero-order chi connectivity index (χ0) is 47.7. The van der Waals surface area contributed by atoms with E-state index in [0.29, 0.717) is 18.5 Å². The molecule has 0 saturated carbocycles. The Kier molecular flexibility index (Phi) is 21.8. The van der Waals surface area contributed by atoms with Gasteiger partial charge in [0, 0.05) is 25.8 Å². The van der Waals surface area contributed by atoms with Gasteiger partial charge in [-0.15, -0.1) is 10.2 Å². The smallest absolute Gasteiger partial charge is 0.305 e. The summed E-state index contributed by atoms with van der Waals surface area (Å²) in [5.74, 6) is -5.34. The molecule has 360 valence electrons. The predicted molar refractivity (Wildman–Crippen MR) is 230 cm³/mol. The van der Waals surface area contributed by atoms with Crippen LogP contribution in [0.4, 0.5) is 4.39 Å². The molecule has 0 spiro atoms. The third-order valence-electron chi connectivity index (χ3n) is 9.75. The maximum atomic E-state index is 14.1. The summed E-state index contributed by atoms with van der Waals surface area (Å²) in [6.45, 7) is -0.518. The lowest BCUT2D eigenvalue weighted by Crippen LogP contribution is -2.53. The molecule has 6 amide bonds. The van der Waals surface area contributed by atoms with Crippen LogP contribution in [0.2, 0.25) is 0 Å². The Morgan fingerprint density at radius 1 is 0.833 bits per heavy atom. The Labute approximate surface area is 378 Å². The maximum Gasteiger partial charge on any atom is 0.305 e. The first kappa shape index (κ1) is 51.5. The number of aromatic nitrogens is 6. The molecule has 2 aromatic heterocycles. The van der Waals surface area contributed by atoms with Crippen molar-refractivity contribution in [2.24, 2.45) is 16.5 Å². The topological polar surface area (TPSA) is 356 Å². The molecule has 0 aliphatic carbocycles. The minimum absolute atomic E-state index is 0.0443. The number of amides is 6. The highest BCUT2D eigenvalue weighted by Gasteiger charge is 2.32. The number of hydrogen-bond acceptors (Lipinski definition) is 14. The maximum absolute atomic E-state index is 14.1. The molecule has 0 radical (unpaired) electrons. The number of guanidine groups is 1. The van der Waals surface area contributed by atoms with Crippen LogP contribution >= 0.6 is 0 Å². The molecule has 1 unspecified atom stereocenters. The second-order valence-corrected chi connectivity index (χ2v) is 15.0. The highest BCUT2D eigenvalue weighted by Crippen LogP contribution is 2.21. The van der Waals surface area contributed by atoms with Gasteiger partial charge in [0.2, 0.25) is 35.4 Å². The number of nitrogens with two attached hydrogens (primary N) is 2. The third kappa shape index (κ3) is 18.9. The molecular formula is C40H58FN15O10. The van der Waals surface area contributed by atoms with Crippen LogP contribution in [-0.2, 0) is 62.4 Å². The summed E-state index contributed by atoms with van der Waals surface area (Å²) in [6, 6.07) is 4.34. The number of aliphatic imine (C=N–C) groups is 1. The first-order valence-electron chi connectivity index (χ1n) is 21.4. The number of alkyl halides is 1. The zero-order valence-electron chi connectivity index (χ0n) is 36.4. The molecule has 1 aromatic carbocycles. The van der Waals surface area contributed by atoms with Crippen molar-refractivity contribution in [1.82, 2.24) is 61.9 Å². The number of carbonyl (C=O) groups excluding carboxylic acids is 6. The summed E-state index contributed by atoms with van der Waals surface area (Å²) < 4.78 is 25.9. The lowest BCUT2D eigenvalue weighted by atomic mass is 10.0. The van der Waals surface area contributed by atoms with E-state index >= 15 is 0 Å². The monoisotopic (exact) mass is 927 g/mol. The standard InChI is InChI=1S/C40H58FN15O10/c41-12-4-9-27-22-55(53-51-27)24-34(58)45-15-16-65-17-18-66-25-35(59)44-13-6-11-32-39(64)49-28(10-5-14-46-40(42)43)37(62)47-21-33(57)48-30(20-36(60)61)38(63)50-29(31-23-56(32)54-52-31)19-26-7-2-1-3-8-26/h1-3,7-8,22-23,28-30,32H,4-6,9-21,24-25H2,(H,44,59)(H,45,58)(H,47,62)(H,48,57)(H,49,64)(H,50,63)(H,60,61)(H4,42,43,46)/t28-,29?,30-,32-/m0/s1. The fourth-order valence-electron chi connectivity index (χ4n) is 6.50. The highest BCUT2D eigenvalue weighted by atomic mass is 19.1. The molecule has 1 aliphatic heterocycles. The van der Waals surface area contributed by atoms with Crippen molar-refractivity contribution in [2.45, 2.75) is 82.1 Å². The van der Waals surface area contributed by atoms with Crippen molar-refractivity contribution in [1.29, 1.82) is 0 Å². The van der Waals surface area contributed by atoms with E-state index in [1.807, 2.05) is 18.2 Å². The Balaban J connectivity index is 1.36. The van der Waals surface area contributed by atoms with E-state index in [0.717, 1.165) is 5.56 Å². The van der Waals surface area contributed by atoms with Crippen LogP contribution in [0.1, 0.15) is 67.6 Å². The normalized spacial score (nSPS) is 18.0. The molecule has 3 aromatic rings. The number of aryl methyl sites for hydroxylation is 1. The molecule has 4 rings (SSSR count). The average Bonchev–Trinajstić information content (AvgIpc) is 3.96. The Morgan fingerprint density at radius 3 is 2.35 bits per heavy atom. The van der Waals surface area contributed by atoms with Gasteiger partial charge in [0.05, 0.1) is 57.4 Å². The Hall–Kier alpha value is -7.09. The lowest BCUT2D eigenvalue weighted by Gasteiger charge is -2.24. The summed E-state index contributed by atoms with van der Waals surface area (Å²) in [7, 11) is 0. The fraction of sp³-hybridized carbons (Fsp3) is 0.550. The van der Waals surface area contributed by atoms with Crippen LogP contribution in [0.15, 0.2) is 47.7 Å². The molecular weight excluding hydrogens is 870 g/mol. The number of carbonyl (C=O) groups is 7. The van der Waals surface area contributed by atoms with Crippen LogP contribution in [0.5, 0.6) is 0 Å². The average molecular weight is 928 g/mol. The Morgan fingerprint density at radius 2 is 1.59 bits per heavy atom. The second kappa shape index (κ2) is 28.0. The van der Waals surface area contributed by atoms with Crippen LogP contribution in [0.3, 0.4) is 0 Å². The summed E-state index contributed by atoms with van der Waals surface area (Å²) in [4.78, 5) is 94.4. The van der Waals surface area contributed by atoms with Crippen molar-refractivity contribution in [3.8, 4) is 0 Å². The summed E-state index contributed by atoms with van der Waals surface area (Å²) in [6.07, 6.45) is 3.86. The number of nitrogens with one attached hydrogen (secondary N) is 6. The predicted octanol–water partition coefficient (Wildman–Crippen LogP) is -2.91. The van der Waals surface area contributed by atoms with E-state index in [1.165, 1.54) is 15.6 Å².